The molecule has 0 amide bonds. The molecule has 2 aromatic rings. The summed E-state index contributed by atoms with van der Waals surface area (Å²) in [6, 6.07) is 4.10. The Morgan fingerprint density at radius 3 is 3.00 bits per heavy atom. The second-order valence-corrected chi connectivity index (χ2v) is 2.78. The van der Waals surface area contributed by atoms with Crippen LogP contribution in [0.2, 0.25) is 0 Å². The molecule has 0 saturated carbocycles. The maximum atomic E-state index is 3.99. The van der Waals surface area contributed by atoms with Crippen LogP contribution < -0.4 is 0 Å². The van der Waals surface area contributed by atoms with Gasteiger partial charge in [-0.1, -0.05) is 0 Å². The molecule has 0 aliphatic heterocycles. The Labute approximate surface area is 75.3 Å². The average molecular weight is 143 g/mol. The van der Waals surface area contributed by atoms with Crippen molar-refractivity contribution < 1.29 is 0 Å². The summed E-state index contributed by atoms with van der Waals surface area (Å²) >= 11 is 1.75. The molecule has 0 aliphatic rings. The Kier molecular flexibility index (Phi) is 2.50. The number of thiophene rings is 1. The molecule has 0 unspecified atom stereocenters. The second-order valence-electron chi connectivity index (χ2n) is 1.83. The molecule has 2 heterocycles. The third kappa shape index (κ3) is 1.24. The SMILES string of the molecule is [LiH].c1cc2sccc2cn1. The molecule has 46 valence electrons. The minimum Gasteiger partial charge on any atom is -0.264 e. The summed E-state index contributed by atoms with van der Waals surface area (Å²) in [5.41, 5.74) is 0. The van der Waals surface area contributed by atoms with E-state index in [1.807, 2.05) is 18.5 Å². The predicted molar refractivity (Wildman–Crippen MR) is 46.8 cm³/mol. The van der Waals surface area contributed by atoms with Crippen LogP contribution in [-0.4, -0.2) is 23.8 Å². The molecule has 0 atom stereocenters. The molecule has 0 aliphatic carbocycles. The summed E-state index contributed by atoms with van der Waals surface area (Å²) in [5, 5.41) is 3.31. The third-order valence-electron chi connectivity index (χ3n) is 1.25. The smallest absolute Gasteiger partial charge is 0.0373 e. The molecule has 0 bridgehead atoms. The monoisotopic (exact) mass is 143 g/mol. The van der Waals surface area contributed by atoms with Crippen molar-refractivity contribution in [3.63, 3.8) is 0 Å². The normalized spacial score (nSPS) is 9.20. The maximum absolute atomic E-state index is 3.99. The van der Waals surface area contributed by atoms with E-state index in [0.717, 1.165) is 0 Å². The Balaban J connectivity index is 0.000000500. The van der Waals surface area contributed by atoms with E-state index in [0.29, 0.717) is 0 Å². The summed E-state index contributed by atoms with van der Waals surface area (Å²) in [5.74, 6) is 0. The zero-order valence-corrected chi connectivity index (χ0v) is 5.56. The molecule has 2 aromatic heterocycles. The van der Waals surface area contributed by atoms with E-state index in [2.05, 4.69) is 16.4 Å². The van der Waals surface area contributed by atoms with Crippen LogP contribution in [0.3, 0.4) is 0 Å². The van der Waals surface area contributed by atoms with E-state index in [4.69, 9.17) is 0 Å². The van der Waals surface area contributed by atoms with Crippen LogP contribution in [0, 0.1) is 0 Å². The summed E-state index contributed by atoms with van der Waals surface area (Å²) in [4.78, 5) is 3.99. The fourth-order valence-electron chi connectivity index (χ4n) is 0.807. The maximum Gasteiger partial charge on any atom is 0.0373 e. The molecule has 0 fully saturated rings. The summed E-state index contributed by atoms with van der Waals surface area (Å²) in [6.45, 7) is 0. The molecule has 1 nitrogen and oxygen atoms in total. The van der Waals surface area contributed by atoms with Crippen LogP contribution in [0.5, 0.6) is 0 Å². The quantitative estimate of drug-likeness (QED) is 0.511. The van der Waals surface area contributed by atoms with Crippen molar-refractivity contribution in [3.05, 3.63) is 29.9 Å². The van der Waals surface area contributed by atoms with Gasteiger partial charge in [-0.3, -0.25) is 4.98 Å². The first-order valence-corrected chi connectivity index (χ1v) is 3.62. The summed E-state index contributed by atoms with van der Waals surface area (Å²) in [7, 11) is 0. The van der Waals surface area contributed by atoms with Gasteiger partial charge in [0.25, 0.3) is 0 Å². The first kappa shape index (κ1) is 7.81. The van der Waals surface area contributed by atoms with Crippen LogP contribution in [-0.2, 0) is 0 Å². The third-order valence-corrected chi connectivity index (χ3v) is 2.15. The van der Waals surface area contributed by atoms with Gasteiger partial charge in [0.05, 0.1) is 0 Å². The summed E-state index contributed by atoms with van der Waals surface area (Å²) in [6.07, 6.45) is 3.70. The molecule has 3 heteroatoms. The number of pyridine rings is 1. The van der Waals surface area contributed by atoms with Crippen molar-refractivity contribution in [1.82, 2.24) is 4.98 Å². The number of hydrogen-bond acceptors (Lipinski definition) is 2. The van der Waals surface area contributed by atoms with Crippen LogP contribution >= 0.6 is 11.3 Å². The van der Waals surface area contributed by atoms with Crippen LogP contribution in [0.1, 0.15) is 0 Å². The largest absolute Gasteiger partial charge is 0.264 e. The van der Waals surface area contributed by atoms with Crippen molar-refractivity contribution in [1.29, 1.82) is 0 Å². The number of hydrogen-bond donors (Lipinski definition) is 0. The van der Waals surface area contributed by atoms with Gasteiger partial charge in [0.1, 0.15) is 0 Å². The fourth-order valence-corrected chi connectivity index (χ4v) is 1.56. The Morgan fingerprint density at radius 2 is 2.20 bits per heavy atom. The van der Waals surface area contributed by atoms with Gasteiger partial charge in [-0.15, -0.1) is 11.3 Å². The van der Waals surface area contributed by atoms with E-state index in [1.165, 1.54) is 10.1 Å². The fraction of sp³-hybridized carbons (Fsp3) is 0. The van der Waals surface area contributed by atoms with E-state index in [9.17, 15) is 0 Å². The molecule has 0 radical (unpaired) electrons. The van der Waals surface area contributed by atoms with Crippen molar-refractivity contribution in [2.45, 2.75) is 0 Å². The van der Waals surface area contributed by atoms with E-state index >= 15 is 0 Å². The van der Waals surface area contributed by atoms with Gasteiger partial charge in [0.15, 0.2) is 0 Å². The average Bonchev–Trinajstić information content (AvgIpc) is 2.33. The van der Waals surface area contributed by atoms with Crippen molar-refractivity contribution in [3.8, 4) is 0 Å². The zero-order valence-electron chi connectivity index (χ0n) is 4.74. The second kappa shape index (κ2) is 3.20. The summed E-state index contributed by atoms with van der Waals surface area (Å²) < 4.78 is 1.31. The number of rotatable bonds is 0. The number of aromatic nitrogens is 1. The molecule has 10 heavy (non-hydrogen) atoms. The van der Waals surface area contributed by atoms with Gasteiger partial charge in [-0.2, -0.15) is 0 Å². The molecular formula is C7H6LiNS. The molecule has 0 N–H and O–H groups in total. The minimum atomic E-state index is 0. The number of fused-ring (bicyclic) bond motifs is 1. The van der Waals surface area contributed by atoms with Crippen LogP contribution in [0.25, 0.3) is 10.1 Å². The van der Waals surface area contributed by atoms with Gasteiger partial charge in [-0.05, 0) is 17.5 Å². The molecule has 0 saturated heterocycles. The number of nitrogens with zero attached hydrogens (tertiary/aromatic N) is 1. The van der Waals surface area contributed by atoms with Gasteiger partial charge < -0.3 is 0 Å². The van der Waals surface area contributed by atoms with Gasteiger partial charge in [-0.25, -0.2) is 0 Å². The molecule has 0 spiro atoms. The van der Waals surface area contributed by atoms with Crippen molar-refractivity contribution in [2.75, 3.05) is 0 Å². The minimum absolute atomic E-state index is 0. The van der Waals surface area contributed by atoms with Crippen molar-refractivity contribution in [2.24, 2.45) is 0 Å². The van der Waals surface area contributed by atoms with Crippen LogP contribution in [0.4, 0.5) is 0 Å². The van der Waals surface area contributed by atoms with Gasteiger partial charge in [0.2, 0.25) is 0 Å². The van der Waals surface area contributed by atoms with E-state index in [1.54, 1.807) is 11.3 Å². The van der Waals surface area contributed by atoms with E-state index in [-0.39, 0.29) is 18.9 Å². The van der Waals surface area contributed by atoms with Crippen molar-refractivity contribution >= 4 is 40.3 Å². The van der Waals surface area contributed by atoms with Crippen LogP contribution in [0.15, 0.2) is 29.9 Å². The Bertz CT molecular complexity index is 288. The Hall–Kier alpha value is -0.293. The van der Waals surface area contributed by atoms with E-state index < -0.39 is 0 Å². The van der Waals surface area contributed by atoms with Gasteiger partial charge in [0, 0.05) is 22.5 Å². The first-order chi connectivity index (χ1) is 4.47. The molecule has 2 rings (SSSR count). The molecular weight excluding hydrogens is 137 g/mol. The van der Waals surface area contributed by atoms with Gasteiger partial charge >= 0.3 is 18.9 Å². The molecule has 0 aromatic carbocycles. The predicted octanol–water partition coefficient (Wildman–Crippen LogP) is 1.65. The topological polar surface area (TPSA) is 12.9 Å². The first-order valence-electron chi connectivity index (χ1n) is 2.74. The Morgan fingerprint density at radius 1 is 1.30 bits per heavy atom. The zero-order chi connectivity index (χ0) is 6.10. The standard InChI is InChI=1S/C7H5NS.Li.H/c1-3-8-5-6-2-4-9-7(1)6;;/h1-5H;;.